The largest absolute Gasteiger partial charge is 0.466 e. The maximum absolute atomic E-state index is 13.2. The third kappa shape index (κ3) is 6.35. The van der Waals surface area contributed by atoms with Gasteiger partial charge in [-0.3, -0.25) is 14.4 Å². The molecule has 33 heavy (non-hydrogen) atoms. The molecule has 8 heteroatoms. The lowest BCUT2D eigenvalue weighted by molar-refractivity contribution is -0.151. The van der Waals surface area contributed by atoms with Gasteiger partial charge in [0, 0.05) is 31.2 Å². The van der Waals surface area contributed by atoms with Gasteiger partial charge in [0.1, 0.15) is 5.03 Å². The van der Waals surface area contributed by atoms with Crippen molar-refractivity contribution in [1.82, 2.24) is 14.8 Å². The minimum Gasteiger partial charge on any atom is -0.466 e. The number of aromatic nitrogens is 1. The molecule has 0 N–H and O–H groups in total. The lowest BCUT2D eigenvalue weighted by Gasteiger charge is -2.32. The van der Waals surface area contributed by atoms with Gasteiger partial charge in [-0.05, 0) is 57.4 Å². The number of pyridine rings is 1. The molecule has 0 radical (unpaired) electrons. The van der Waals surface area contributed by atoms with Gasteiger partial charge in [-0.25, -0.2) is 4.98 Å². The van der Waals surface area contributed by atoms with Crippen LogP contribution in [0.25, 0.3) is 0 Å². The Balaban J connectivity index is 1.67. The second kappa shape index (κ2) is 11.3. The molecule has 1 saturated heterocycles. The number of amides is 2. The summed E-state index contributed by atoms with van der Waals surface area (Å²) in [6, 6.07) is 9.62. The summed E-state index contributed by atoms with van der Waals surface area (Å²) in [6.45, 7) is 7.03. The van der Waals surface area contributed by atoms with Gasteiger partial charge < -0.3 is 14.5 Å². The van der Waals surface area contributed by atoms with Crippen molar-refractivity contribution in [1.29, 1.82) is 0 Å². The van der Waals surface area contributed by atoms with E-state index in [0.29, 0.717) is 36.7 Å². The summed E-state index contributed by atoms with van der Waals surface area (Å²) < 4.78 is 5.11. The molecule has 0 spiro atoms. The number of likely N-dealkylation sites (tertiary alicyclic amines) is 1. The smallest absolute Gasteiger partial charge is 0.310 e. The molecule has 1 aliphatic heterocycles. The Labute approximate surface area is 199 Å². The van der Waals surface area contributed by atoms with E-state index in [1.165, 1.54) is 22.2 Å². The van der Waals surface area contributed by atoms with Gasteiger partial charge in [0.05, 0.1) is 24.6 Å². The monoisotopic (exact) mass is 469 g/mol. The van der Waals surface area contributed by atoms with Crippen molar-refractivity contribution >= 4 is 29.5 Å². The zero-order chi connectivity index (χ0) is 24.0. The van der Waals surface area contributed by atoms with E-state index in [1.807, 2.05) is 26.0 Å². The van der Waals surface area contributed by atoms with Crippen LogP contribution in [0.5, 0.6) is 0 Å². The number of benzene rings is 1. The molecular formula is C25H31N3O4S. The molecule has 2 aromatic rings. The average molecular weight is 470 g/mol. The molecule has 2 amide bonds. The van der Waals surface area contributed by atoms with Crippen LogP contribution in [0, 0.1) is 19.8 Å². The minimum absolute atomic E-state index is 0.0586. The maximum atomic E-state index is 13.2. The van der Waals surface area contributed by atoms with E-state index >= 15 is 0 Å². The second-order valence-electron chi connectivity index (χ2n) is 8.32. The predicted octanol–water partition coefficient (Wildman–Crippen LogP) is 3.72. The van der Waals surface area contributed by atoms with Gasteiger partial charge >= 0.3 is 5.97 Å². The molecule has 7 nitrogen and oxygen atoms in total. The number of piperidine rings is 1. The van der Waals surface area contributed by atoms with Crippen molar-refractivity contribution in [2.75, 3.05) is 33.3 Å². The molecular weight excluding hydrogens is 438 g/mol. The van der Waals surface area contributed by atoms with E-state index in [1.54, 1.807) is 37.2 Å². The Bertz CT molecular complexity index is 1030. The van der Waals surface area contributed by atoms with E-state index < -0.39 is 0 Å². The molecule has 3 rings (SSSR count). The number of likely N-dealkylation sites (N-methyl/N-ethyl adjacent to an activating group) is 1. The summed E-state index contributed by atoms with van der Waals surface area (Å²) >= 11 is 1.44. The van der Waals surface area contributed by atoms with Crippen LogP contribution in [0.3, 0.4) is 0 Å². The number of hydrogen-bond acceptors (Lipinski definition) is 6. The molecule has 1 aromatic heterocycles. The number of nitrogens with zero attached hydrogens (tertiary/aromatic N) is 3. The number of carbonyl (C=O) groups is 3. The third-order valence-corrected chi connectivity index (χ3v) is 6.85. The highest BCUT2D eigenvalue weighted by Crippen LogP contribution is 2.32. The van der Waals surface area contributed by atoms with Crippen LogP contribution in [-0.2, 0) is 14.3 Å². The van der Waals surface area contributed by atoms with Crippen molar-refractivity contribution in [3.05, 3.63) is 53.2 Å². The number of ether oxygens (including phenoxy) is 1. The summed E-state index contributed by atoms with van der Waals surface area (Å²) in [5.74, 6) is -0.999. The Morgan fingerprint density at radius 1 is 1.24 bits per heavy atom. The quantitative estimate of drug-likeness (QED) is 0.575. The number of hydrogen-bond donors (Lipinski definition) is 0. The summed E-state index contributed by atoms with van der Waals surface area (Å²) in [6.07, 6.45) is 3.12. The zero-order valence-corrected chi connectivity index (χ0v) is 20.5. The van der Waals surface area contributed by atoms with Crippen molar-refractivity contribution in [2.24, 2.45) is 5.92 Å². The van der Waals surface area contributed by atoms with Crippen molar-refractivity contribution < 1.29 is 19.1 Å². The van der Waals surface area contributed by atoms with E-state index in [9.17, 15) is 14.4 Å². The molecule has 1 aliphatic rings. The standard InChI is InChI=1S/C25H31N3O4S/c1-5-32-25(31)19-8-7-13-28(15-19)22(29)16-27(4)24(30)20-9-6-12-26-23(20)33-21-11-10-17(2)14-18(21)3/h6,9-12,14,19H,5,7-8,13,15-16H2,1-4H3. The SMILES string of the molecule is CCOC(=O)C1CCCN(C(=O)CN(C)C(=O)c2cccnc2Sc2ccc(C)cc2C)C1. The lowest BCUT2D eigenvalue weighted by Crippen LogP contribution is -2.47. The van der Waals surface area contributed by atoms with Gasteiger partial charge in [-0.2, -0.15) is 0 Å². The summed E-state index contributed by atoms with van der Waals surface area (Å²) in [5.41, 5.74) is 2.75. The van der Waals surface area contributed by atoms with Crippen molar-refractivity contribution in [3.63, 3.8) is 0 Å². The van der Waals surface area contributed by atoms with E-state index in [-0.39, 0.29) is 30.2 Å². The summed E-state index contributed by atoms with van der Waals surface area (Å²) in [7, 11) is 1.62. The van der Waals surface area contributed by atoms with Gasteiger partial charge in [0.15, 0.2) is 0 Å². The number of aryl methyl sites for hydroxylation is 2. The predicted molar refractivity (Wildman–Crippen MR) is 127 cm³/mol. The Morgan fingerprint density at radius 2 is 2.03 bits per heavy atom. The van der Waals surface area contributed by atoms with E-state index in [4.69, 9.17) is 4.74 Å². The Morgan fingerprint density at radius 3 is 2.76 bits per heavy atom. The molecule has 0 aliphatic carbocycles. The molecule has 1 unspecified atom stereocenters. The van der Waals surface area contributed by atoms with E-state index in [0.717, 1.165) is 16.9 Å². The van der Waals surface area contributed by atoms with Gasteiger partial charge in [0.2, 0.25) is 5.91 Å². The minimum atomic E-state index is -0.303. The van der Waals surface area contributed by atoms with Crippen LogP contribution in [0.4, 0.5) is 0 Å². The van der Waals surface area contributed by atoms with E-state index in [2.05, 4.69) is 11.1 Å². The number of carbonyl (C=O) groups excluding carboxylic acids is 3. The Hall–Kier alpha value is -2.87. The maximum Gasteiger partial charge on any atom is 0.310 e. The fourth-order valence-corrected chi connectivity index (χ4v) is 4.83. The first-order valence-electron chi connectivity index (χ1n) is 11.2. The highest BCUT2D eigenvalue weighted by Gasteiger charge is 2.30. The highest BCUT2D eigenvalue weighted by molar-refractivity contribution is 7.99. The molecule has 0 bridgehead atoms. The molecule has 1 aromatic carbocycles. The molecule has 1 fully saturated rings. The fourth-order valence-electron chi connectivity index (χ4n) is 3.89. The fraction of sp³-hybridized carbons (Fsp3) is 0.440. The molecule has 2 heterocycles. The van der Waals surface area contributed by atoms with Crippen LogP contribution in [0.2, 0.25) is 0 Å². The molecule has 1 atom stereocenters. The number of rotatable bonds is 7. The summed E-state index contributed by atoms with van der Waals surface area (Å²) in [5, 5.41) is 0.606. The first kappa shape index (κ1) is 24.8. The number of esters is 1. The molecule has 176 valence electrons. The van der Waals surface area contributed by atoms with Gasteiger partial charge in [-0.15, -0.1) is 0 Å². The molecule has 0 saturated carbocycles. The van der Waals surface area contributed by atoms with Crippen LogP contribution < -0.4 is 0 Å². The van der Waals surface area contributed by atoms with Crippen molar-refractivity contribution in [2.45, 2.75) is 43.5 Å². The van der Waals surface area contributed by atoms with Crippen LogP contribution in [0.15, 0.2) is 46.5 Å². The second-order valence-corrected chi connectivity index (χ2v) is 9.35. The van der Waals surface area contributed by atoms with Crippen molar-refractivity contribution in [3.8, 4) is 0 Å². The zero-order valence-electron chi connectivity index (χ0n) is 19.7. The lowest BCUT2D eigenvalue weighted by atomic mass is 9.98. The van der Waals surface area contributed by atoms with Crippen LogP contribution in [-0.4, -0.2) is 65.9 Å². The average Bonchev–Trinajstić information content (AvgIpc) is 2.81. The topological polar surface area (TPSA) is 79.8 Å². The highest BCUT2D eigenvalue weighted by atomic mass is 32.2. The van der Waals surface area contributed by atoms with Crippen LogP contribution in [0.1, 0.15) is 41.3 Å². The van der Waals surface area contributed by atoms with Crippen LogP contribution >= 0.6 is 11.8 Å². The first-order valence-corrected chi connectivity index (χ1v) is 12.0. The summed E-state index contributed by atoms with van der Waals surface area (Å²) in [4.78, 5) is 46.7. The third-order valence-electron chi connectivity index (χ3n) is 5.65. The van der Waals surface area contributed by atoms with Gasteiger partial charge in [-0.1, -0.05) is 29.5 Å². The Kier molecular flexibility index (Phi) is 8.49. The first-order chi connectivity index (χ1) is 15.8. The van der Waals surface area contributed by atoms with Gasteiger partial charge in [0.25, 0.3) is 5.91 Å². The normalized spacial score (nSPS) is 15.8.